The van der Waals surface area contributed by atoms with Crippen LogP contribution in [0.3, 0.4) is 0 Å². The van der Waals surface area contributed by atoms with E-state index >= 15 is 0 Å². The van der Waals surface area contributed by atoms with Gasteiger partial charge < -0.3 is 0 Å². The zero-order chi connectivity index (χ0) is 20.0. The minimum absolute atomic E-state index is 0.0202. The van der Waals surface area contributed by atoms with E-state index in [0.29, 0.717) is 17.9 Å². The summed E-state index contributed by atoms with van der Waals surface area (Å²) in [6.45, 7) is 1.87. The van der Waals surface area contributed by atoms with Crippen molar-refractivity contribution in [3.63, 3.8) is 0 Å². The van der Waals surface area contributed by atoms with E-state index in [4.69, 9.17) is 28.7 Å². The number of hydrogen-bond donors (Lipinski definition) is 0. The SMILES string of the molecule is CC(CCCN=[N+]=[N-])N(c1cc(Cl)ccc1F)S(=O)(=O)c1ccc(Cl)cc1. The Labute approximate surface area is 167 Å². The number of nitrogens with zero attached hydrogens (tertiary/aromatic N) is 4. The van der Waals surface area contributed by atoms with Gasteiger partial charge in [-0.25, -0.2) is 12.8 Å². The number of halogens is 3. The predicted molar refractivity (Wildman–Crippen MR) is 105 cm³/mol. The second kappa shape index (κ2) is 9.28. The Balaban J connectivity index is 2.49. The summed E-state index contributed by atoms with van der Waals surface area (Å²) in [4.78, 5) is 2.65. The Morgan fingerprint density at radius 2 is 1.81 bits per heavy atom. The van der Waals surface area contributed by atoms with Crippen LogP contribution in [-0.2, 0) is 10.0 Å². The monoisotopic (exact) mass is 430 g/mol. The van der Waals surface area contributed by atoms with E-state index in [1.165, 1.54) is 36.4 Å². The highest BCUT2D eigenvalue weighted by Crippen LogP contribution is 2.32. The molecule has 10 heteroatoms. The van der Waals surface area contributed by atoms with E-state index in [2.05, 4.69) is 10.0 Å². The minimum Gasteiger partial charge on any atom is -0.261 e. The summed E-state index contributed by atoms with van der Waals surface area (Å²) >= 11 is 11.8. The van der Waals surface area contributed by atoms with Crippen molar-refractivity contribution in [2.24, 2.45) is 5.11 Å². The lowest BCUT2D eigenvalue weighted by molar-refractivity contribution is 0.556. The van der Waals surface area contributed by atoms with E-state index in [-0.39, 0.29) is 22.2 Å². The number of azide groups is 1. The molecule has 0 aliphatic rings. The fraction of sp³-hybridized carbons (Fsp3) is 0.294. The van der Waals surface area contributed by atoms with Crippen molar-refractivity contribution < 1.29 is 12.8 Å². The first kappa shape index (κ1) is 21.3. The van der Waals surface area contributed by atoms with Crippen LogP contribution in [0.25, 0.3) is 10.4 Å². The molecule has 2 aromatic carbocycles. The average Bonchev–Trinajstić information content (AvgIpc) is 2.62. The highest BCUT2D eigenvalue weighted by molar-refractivity contribution is 7.92. The zero-order valence-corrected chi connectivity index (χ0v) is 16.7. The molecule has 0 bridgehead atoms. The van der Waals surface area contributed by atoms with Crippen molar-refractivity contribution in [2.75, 3.05) is 10.8 Å². The summed E-state index contributed by atoms with van der Waals surface area (Å²) in [5.41, 5.74) is 8.22. The third kappa shape index (κ3) is 5.26. The molecule has 0 fully saturated rings. The molecule has 0 aliphatic carbocycles. The molecule has 0 saturated heterocycles. The second-order valence-electron chi connectivity index (χ2n) is 5.80. The molecular weight excluding hydrogens is 414 g/mol. The number of anilines is 1. The van der Waals surface area contributed by atoms with Gasteiger partial charge in [0, 0.05) is 27.5 Å². The molecule has 2 rings (SSSR count). The normalized spacial score (nSPS) is 12.3. The Bertz CT molecular complexity index is 948. The highest BCUT2D eigenvalue weighted by atomic mass is 35.5. The lowest BCUT2D eigenvalue weighted by Crippen LogP contribution is -2.39. The Morgan fingerprint density at radius 1 is 1.19 bits per heavy atom. The Kier molecular flexibility index (Phi) is 7.33. The number of hydrogen-bond acceptors (Lipinski definition) is 3. The summed E-state index contributed by atoms with van der Waals surface area (Å²) in [5, 5.41) is 4.04. The topological polar surface area (TPSA) is 86.1 Å². The van der Waals surface area contributed by atoms with Crippen LogP contribution in [0.15, 0.2) is 52.5 Å². The van der Waals surface area contributed by atoms with Gasteiger partial charge in [0.15, 0.2) is 0 Å². The van der Waals surface area contributed by atoms with Gasteiger partial charge in [-0.3, -0.25) is 4.31 Å². The van der Waals surface area contributed by atoms with Crippen molar-refractivity contribution in [3.05, 3.63) is 68.8 Å². The molecule has 0 spiro atoms. The summed E-state index contributed by atoms with van der Waals surface area (Å²) in [5.74, 6) is -0.709. The van der Waals surface area contributed by atoms with Crippen molar-refractivity contribution in [1.29, 1.82) is 0 Å². The second-order valence-corrected chi connectivity index (χ2v) is 8.48. The summed E-state index contributed by atoms with van der Waals surface area (Å²) < 4.78 is 41.9. The van der Waals surface area contributed by atoms with Crippen molar-refractivity contribution in [1.82, 2.24) is 0 Å². The largest absolute Gasteiger partial charge is 0.264 e. The first-order chi connectivity index (χ1) is 12.8. The van der Waals surface area contributed by atoms with Crippen LogP contribution in [0.1, 0.15) is 19.8 Å². The smallest absolute Gasteiger partial charge is 0.261 e. The van der Waals surface area contributed by atoms with Gasteiger partial charge in [-0.05, 0) is 67.8 Å². The molecule has 27 heavy (non-hydrogen) atoms. The maximum absolute atomic E-state index is 14.5. The fourth-order valence-corrected chi connectivity index (χ4v) is 4.58. The molecular formula is C17H17Cl2FN4O2S. The van der Waals surface area contributed by atoms with Crippen LogP contribution < -0.4 is 4.31 Å². The molecule has 0 N–H and O–H groups in total. The summed E-state index contributed by atoms with van der Waals surface area (Å²) in [7, 11) is -4.08. The molecule has 0 amide bonds. The van der Waals surface area contributed by atoms with E-state index < -0.39 is 21.9 Å². The van der Waals surface area contributed by atoms with Crippen LogP contribution in [0.4, 0.5) is 10.1 Å². The quantitative estimate of drug-likeness (QED) is 0.229. The standard InChI is InChI=1S/C17H17Cl2FN4O2S/c1-12(3-2-10-22-23-21)24(17-11-14(19)6-9-16(17)20)27(25,26)15-7-4-13(18)5-8-15/h4-9,11-12H,2-3,10H2,1H3. The molecule has 1 unspecified atom stereocenters. The maximum atomic E-state index is 14.5. The molecule has 0 saturated carbocycles. The van der Waals surface area contributed by atoms with Gasteiger partial charge in [-0.1, -0.05) is 28.3 Å². The van der Waals surface area contributed by atoms with E-state index in [1.807, 2.05) is 0 Å². The van der Waals surface area contributed by atoms with Crippen molar-refractivity contribution >= 4 is 38.9 Å². The third-order valence-corrected chi connectivity index (χ3v) is 6.29. The Hall–Kier alpha value is -1.99. The van der Waals surface area contributed by atoms with Gasteiger partial charge in [0.25, 0.3) is 10.0 Å². The number of sulfonamides is 1. The van der Waals surface area contributed by atoms with Gasteiger partial charge in [0.1, 0.15) is 5.82 Å². The fourth-order valence-electron chi connectivity index (χ4n) is 2.60. The Morgan fingerprint density at radius 3 is 2.44 bits per heavy atom. The molecule has 0 radical (unpaired) electrons. The number of benzene rings is 2. The molecule has 6 nitrogen and oxygen atoms in total. The first-order valence-corrected chi connectivity index (χ1v) is 10.2. The highest BCUT2D eigenvalue weighted by Gasteiger charge is 2.31. The molecule has 0 aromatic heterocycles. The van der Waals surface area contributed by atoms with E-state index in [9.17, 15) is 12.8 Å². The lowest BCUT2D eigenvalue weighted by atomic mass is 10.1. The molecule has 0 heterocycles. The van der Waals surface area contributed by atoms with Crippen LogP contribution in [-0.4, -0.2) is 21.0 Å². The predicted octanol–water partition coefficient (Wildman–Crippen LogP) is 5.81. The van der Waals surface area contributed by atoms with Crippen LogP contribution in [0, 0.1) is 5.82 Å². The van der Waals surface area contributed by atoms with Crippen LogP contribution in [0.5, 0.6) is 0 Å². The minimum atomic E-state index is -4.08. The lowest BCUT2D eigenvalue weighted by Gasteiger charge is -2.31. The van der Waals surface area contributed by atoms with Gasteiger partial charge in [-0.2, -0.15) is 0 Å². The van der Waals surface area contributed by atoms with Crippen molar-refractivity contribution in [2.45, 2.75) is 30.7 Å². The van der Waals surface area contributed by atoms with Gasteiger partial charge in [0.05, 0.1) is 10.6 Å². The molecule has 0 aliphatic heterocycles. The number of rotatable bonds is 8. The molecule has 1 atom stereocenters. The van der Waals surface area contributed by atoms with Crippen LogP contribution in [0.2, 0.25) is 10.0 Å². The third-order valence-electron chi connectivity index (χ3n) is 3.86. The van der Waals surface area contributed by atoms with Gasteiger partial charge >= 0.3 is 0 Å². The summed E-state index contributed by atoms with van der Waals surface area (Å²) in [6, 6.07) is 8.76. The van der Waals surface area contributed by atoms with E-state index in [1.54, 1.807) is 6.92 Å². The first-order valence-electron chi connectivity index (χ1n) is 8.03. The molecule has 2 aromatic rings. The average molecular weight is 431 g/mol. The van der Waals surface area contributed by atoms with Crippen molar-refractivity contribution in [3.8, 4) is 0 Å². The summed E-state index contributed by atoms with van der Waals surface area (Å²) in [6.07, 6.45) is 0.803. The van der Waals surface area contributed by atoms with Gasteiger partial charge in [-0.15, -0.1) is 0 Å². The van der Waals surface area contributed by atoms with Gasteiger partial charge in [0.2, 0.25) is 0 Å². The molecule has 144 valence electrons. The maximum Gasteiger partial charge on any atom is 0.264 e. The van der Waals surface area contributed by atoms with E-state index in [0.717, 1.165) is 10.4 Å². The van der Waals surface area contributed by atoms with Crippen LogP contribution >= 0.6 is 23.2 Å². The zero-order valence-electron chi connectivity index (χ0n) is 14.4.